The normalized spacial score (nSPS) is 12.7. The van der Waals surface area contributed by atoms with Gasteiger partial charge >= 0.3 is 0 Å². The van der Waals surface area contributed by atoms with Gasteiger partial charge in [0.1, 0.15) is 11.5 Å². The first-order chi connectivity index (χ1) is 14.0. The summed E-state index contributed by atoms with van der Waals surface area (Å²) in [5.74, 6) is 1.76. The molecule has 0 aliphatic carbocycles. The Morgan fingerprint density at radius 1 is 0.897 bits per heavy atom. The fraction of sp³-hybridized carbons (Fsp3) is 0.269. The molecule has 0 N–H and O–H groups in total. The zero-order chi connectivity index (χ0) is 21.1. The van der Waals surface area contributed by atoms with Crippen LogP contribution in [0.25, 0.3) is 11.6 Å². The Kier molecular flexibility index (Phi) is 8.97. The van der Waals surface area contributed by atoms with E-state index >= 15 is 0 Å². The summed E-state index contributed by atoms with van der Waals surface area (Å²) in [5.41, 5.74) is 3.34. The number of rotatable bonds is 9. The topological polar surface area (TPSA) is 30.8 Å². The smallest absolute Gasteiger partial charge is 0.120 e. The number of benzene rings is 2. The van der Waals surface area contributed by atoms with Gasteiger partial charge in [-0.2, -0.15) is 0 Å². The molecule has 0 saturated carbocycles. The maximum absolute atomic E-state index is 5.71. The van der Waals surface area contributed by atoms with Crippen molar-refractivity contribution in [3.63, 3.8) is 0 Å². The summed E-state index contributed by atoms with van der Waals surface area (Å²) in [6.07, 6.45) is 11.9. The third-order valence-electron chi connectivity index (χ3n) is 3.90. The number of hydrogen-bond acceptors (Lipinski definition) is 3. The minimum Gasteiger partial charge on any atom is -0.491 e. The van der Waals surface area contributed by atoms with Crippen molar-refractivity contribution < 1.29 is 9.47 Å². The van der Waals surface area contributed by atoms with Crippen LogP contribution in [0.5, 0.6) is 11.5 Å². The first-order valence-electron chi connectivity index (χ1n) is 10.0. The van der Waals surface area contributed by atoms with Crippen molar-refractivity contribution in [3.05, 3.63) is 84.1 Å². The molecule has 3 heteroatoms. The lowest BCUT2D eigenvalue weighted by molar-refractivity contribution is 0.242. The van der Waals surface area contributed by atoms with Gasteiger partial charge in [-0.15, -0.1) is 0 Å². The number of ether oxygens (including phenoxy) is 2. The summed E-state index contributed by atoms with van der Waals surface area (Å²) in [4.78, 5) is 4.32. The molecule has 29 heavy (non-hydrogen) atoms. The van der Waals surface area contributed by atoms with Crippen LogP contribution >= 0.6 is 0 Å². The molecule has 0 radical (unpaired) electrons. The molecule has 0 saturated heterocycles. The van der Waals surface area contributed by atoms with Crippen LogP contribution in [0.4, 0.5) is 0 Å². The molecule has 0 aliphatic rings. The number of hydrogen-bond donors (Lipinski definition) is 0. The third-order valence-corrected chi connectivity index (χ3v) is 3.90. The maximum atomic E-state index is 5.71. The van der Waals surface area contributed by atoms with Gasteiger partial charge in [-0.05, 0) is 87.7 Å². The Morgan fingerprint density at radius 3 is 2.24 bits per heavy atom. The molecule has 0 spiro atoms. The van der Waals surface area contributed by atoms with Crippen LogP contribution in [-0.4, -0.2) is 18.4 Å². The molecule has 0 unspecified atom stereocenters. The van der Waals surface area contributed by atoms with Gasteiger partial charge in [-0.3, -0.25) is 4.99 Å². The third kappa shape index (κ3) is 8.22. The van der Waals surface area contributed by atoms with Crippen molar-refractivity contribution in [3.8, 4) is 11.5 Å². The highest BCUT2D eigenvalue weighted by Crippen LogP contribution is 2.20. The van der Waals surface area contributed by atoms with Gasteiger partial charge in [-0.25, -0.2) is 0 Å². The molecule has 0 fully saturated rings. The lowest BCUT2D eigenvalue weighted by Gasteiger charge is -2.10. The Bertz CT molecular complexity index is 872. The van der Waals surface area contributed by atoms with E-state index in [1.807, 2.05) is 89.2 Å². The Hall–Kier alpha value is -3.07. The van der Waals surface area contributed by atoms with E-state index in [9.17, 15) is 0 Å². The van der Waals surface area contributed by atoms with Crippen molar-refractivity contribution in [2.75, 3.05) is 0 Å². The number of allylic oxidation sites excluding steroid dienone is 4. The summed E-state index contributed by atoms with van der Waals surface area (Å²) < 4.78 is 11.4. The summed E-state index contributed by atoms with van der Waals surface area (Å²) in [6.45, 7) is 10.1. The summed E-state index contributed by atoms with van der Waals surface area (Å²) in [7, 11) is 0. The standard InChI is InChI=1S/C26H31NO2/c1-6-23(24-12-14-25(15-13-24)28-20(2)3)10-8-17-27-18-16-22-9-7-11-26(19-22)29-21(4)5/h6-21H,1-5H3/b10-8-,18-16+,23-6+,27-17+. The molecule has 0 amide bonds. The van der Waals surface area contributed by atoms with E-state index in [0.29, 0.717) is 0 Å². The highest BCUT2D eigenvalue weighted by molar-refractivity contribution is 5.81. The second-order valence-electron chi connectivity index (χ2n) is 7.15. The monoisotopic (exact) mass is 389 g/mol. The van der Waals surface area contributed by atoms with E-state index in [2.05, 4.69) is 23.2 Å². The SMILES string of the molecule is C\C=C(/C=C\C=N\C=C\c1cccc(OC(C)C)c1)c1ccc(OC(C)C)cc1. The predicted octanol–water partition coefficient (Wildman–Crippen LogP) is 6.96. The van der Waals surface area contributed by atoms with Gasteiger partial charge in [0.2, 0.25) is 0 Å². The van der Waals surface area contributed by atoms with E-state index in [0.717, 1.165) is 28.2 Å². The first-order valence-corrected chi connectivity index (χ1v) is 10.0. The van der Waals surface area contributed by atoms with Crippen molar-refractivity contribution in [1.29, 1.82) is 0 Å². The molecule has 3 nitrogen and oxygen atoms in total. The van der Waals surface area contributed by atoms with Crippen LogP contribution in [0.1, 0.15) is 45.7 Å². The van der Waals surface area contributed by atoms with E-state index in [4.69, 9.17) is 9.47 Å². The van der Waals surface area contributed by atoms with E-state index < -0.39 is 0 Å². The van der Waals surface area contributed by atoms with Crippen LogP contribution in [0.15, 0.2) is 78.0 Å². The molecule has 152 valence electrons. The molecule has 0 bridgehead atoms. The zero-order valence-electron chi connectivity index (χ0n) is 18.0. The van der Waals surface area contributed by atoms with Crippen LogP contribution in [-0.2, 0) is 0 Å². The molecule has 2 rings (SSSR count). The Morgan fingerprint density at radius 2 is 1.59 bits per heavy atom. The van der Waals surface area contributed by atoms with Crippen molar-refractivity contribution >= 4 is 17.9 Å². The largest absolute Gasteiger partial charge is 0.491 e. The minimum absolute atomic E-state index is 0.164. The lowest BCUT2D eigenvalue weighted by atomic mass is 10.1. The van der Waals surface area contributed by atoms with Gasteiger partial charge in [0.15, 0.2) is 0 Å². The second kappa shape index (κ2) is 11.7. The average Bonchev–Trinajstić information content (AvgIpc) is 2.68. The van der Waals surface area contributed by atoms with Gasteiger partial charge < -0.3 is 9.47 Å². The van der Waals surface area contributed by atoms with Crippen LogP contribution in [0.3, 0.4) is 0 Å². The van der Waals surface area contributed by atoms with Gasteiger partial charge in [0.25, 0.3) is 0 Å². The lowest BCUT2D eigenvalue weighted by Crippen LogP contribution is -2.05. The Balaban J connectivity index is 1.93. The van der Waals surface area contributed by atoms with Crippen LogP contribution in [0.2, 0.25) is 0 Å². The van der Waals surface area contributed by atoms with E-state index in [1.165, 1.54) is 0 Å². The molecule has 0 heterocycles. The van der Waals surface area contributed by atoms with Crippen LogP contribution in [0, 0.1) is 0 Å². The minimum atomic E-state index is 0.164. The molecule has 0 aliphatic heterocycles. The van der Waals surface area contributed by atoms with Gasteiger partial charge in [0, 0.05) is 12.4 Å². The molecule has 2 aromatic rings. The average molecular weight is 390 g/mol. The quantitative estimate of drug-likeness (QED) is 0.343. The summed E-state index contributed by atoms with van der Waals surface area (Å²) in [6, 6.07) is 16.1. The Labute approximate surface area is 175 Å². The zero-order valence-corrected chi connectivity index (χ0v) is 18.0. The second-order valence-corrected chi connectivity index (χ2v) is 7.15. The van der Waals surface area contributed by atoms with Crippen molar-refractivity contribution in [2.45, 2.75) is 46.8 Å². The number of aliphatic imine (C=N–C) groups is 1. The number of nitrogens with zero attached hydrogens (tertiary/aromatic N) is 1. The van der Waals surface area contributed by atoms with Gasteiger partial charge in [-0.1, -0.05) is 36.4 Å². The molecule has 2 aromatic carbocycles. The fourth-order valence-electron chi connectivity index (χ4n) is 2.70. The predicted molar refractivity (Wildman–Crippen MR) is 125 cm³/mol. The first kappa shape index (κ1) is 22.2. The summed E-state index contributed by atoms with van der Waals surface area (Å²) >= 11 is 0. The highest BCUT2D eigenvalue weighted by atomic mass is 16.5. The van der Waals surface area contributed by atoms with Gasteiger partial charge in [0.05, 0.1) is 12.2 Å². The molecule has 0 aromatic heterocycles. The molecular formula is C26H31NO2. The van der Waals surface area contributed by atoms with E-state index in [1.54, 1.807) is 12.4 Å². The highest BCUT2D eigenvalue weighted by Gasteiger charge is 2.00. The summed E-state index contributed by atoms with van der Waals surface area (Å²) in [5, 5.41) is 0. The molecule has 0 atom stereocenters. The van der Waals surface area contributed by atoms with E-state index in [-0.39, 0.29) is 12.2 Å². The molecular weight excluding hydrogens is 358 g/mol. The van der Waals surface area contributed by atoms with Crippen LogP contribution < -0.4 is 9.47 Å². The van der Waals surface area contributed by atoms with Crippen molar-refractivity contribution in [1.82, 2.24) is 0 Å². The fourth-order valence-corrected chi connectivity index (χ4v) is 2.70. The maximum Gasteiger partial charge on any atom is 0.120 e. The van der Waals surface area contributed by atoms with Crippen molar-refractivity contribution in [2.24, 2.45) is 4.99 Å².